The Labute approximate surface area is 109 Å². The van der Waals surface area contributed by atoms with Gasteiger partial charge in [0.1, 0.15) is 0 Å². The van der Waals surface area contributed by atoms with Crippen molar-refractivity contribution >= 4 is 24.2 Å². The first kappa shape index (κ1) is 16.2. The summed E-state index contributed by atoms with van der Waals surface area (Å²) in [6.45, 7) is 6.98. The number of amides is 2. The normalized spacial score (nSPS) is 21.9. The molecule has 3 N–H and O–H groups in total. The van der Waals surface area contributed by atoms with Gasteiger partial charge < -0.3 is 16.0 Å². The van der Waals surface area contributed by atoms with Crippen molar-refractivity contribution in [3.05, 3.63) is 0 Å². The van der Waals surface area contributed by atoms with Crippen LogP contribution in [-0.2, 0) is 9.59 Å². The summed E-state index contributed by atoms with van der Waals surface area (Å²) < 4.78 is 0. The van der Waals surface area contributed by atoms with Gasteiger partial charge in [0.15, 0.2) is 0 Å². The Balaban J connectivity index is 0.00000256. The third kappa shape index (κ3) is 4.16. The molecular weight excluding hydrogens is 242 g/mol. The second kappa shape index (κ2) is 6.21. The van der Waals surface area contributed by atoms with Gasteiger partial charge in [-0.3, -0.25) is 9.59 Å². The monoisotopic (exact) mass is 263 g/mol. The third-order valence-electron chi connectivity index (χ3n) is 3.00. The number of hydrogen-bond acceptors (Lipinski definition) is 3. The zero-order chi connectivity index (χ0) is 12.3. The van der Waals surface area contributed by atoms with Gasteiger partial charge in [0.2, 0.25) is 11.8 Å². The van der Waals surface area contributed by atoms with Crippen LogP contribution in [0, 0.1) is 5.92 Å². The van der Waals surface area contributed by atoms with Crippen LogP contribution in [0.3, 0.4) is 0 Å². The summed E-state index contributed by atoms with van der Waals surface area (Å²) in [4.78, 5) is 24.7. The van der Waals surface area contributed by atoms with Gasteiger partial charge in [-0.15, -0.1) is 12.4 Å². The molecule has 1 atom stereocenters. The summed E-state index contributed by atoms with van der Waals surface area (Å²) in [6, 6.07) is 0. The zero-order valence-electron chi connectivity index (χ0n) is 10.7. The maximum atomic E-state index is 11.9. The Hall–Kier alpha value is -0.810. The molecule has 1 rings (SSSR count). The van der Waals surface area contributed by atoms with Gasteiger partial charge in [-0.25, -0.2) is 0 Å². The lowest BCUT2D eigenvalue weighted by Crippen LogP contribution is -2.48. The number of nitrogens with two attached hydrogens (primary N) is 1. The van der Waals surface area contributed by atoms with Crippen molar-refractivity contribution in [2.45, 2.75) is 32.7 Å². The van der Waals surface area contributed by atoms with Crippen molar-refractivity contribution in [1.29, 1.82) is 0 Å². The average Bonchev–Trinajstić information content (AvgIpc) is 2.47. The minimum atomic E-state index is -0.293. The van der Waals surface area contributed by atoms with Gasteiger partial charge in [-0.2, -0.15) is 0 Å². The van der Waals surface area contributed by atoms with Crippen LogP contribution in [0.2, 0.25) is 0 Å². The Bertz CT molecular complexity index is 294. The van der Waals surface area contributed by atoms with Crippen molar-refractivity contribution < 1.29 is 9.59 Å². The first-order valence-corrected chi connectivity index (χ1v) is 5.64. The number of carbonyl (C=O) groups excluding carboxylic acids is 2. The van der Waals surface area contributed by atoms with Gasteiger partial charge >= 0.3 is 0 Å². The fourth-order valence-electron chi connectivity index (χ4n) is 2.37. The van der Waals surface area contributed by atoms with E-state index in [1.807, 2.05) is 4.90 Å². The minimum Gasteiger partial charge on any atom is -0.346 e. The van der Waals surface area contributed by atoms with Crippen LogP contribution < -0.4 is 11.1 Å². The number of likely N-dealkylation sites (tertiary alicyclic amines) is 1. The van der Waals surface area contributed by atoms with Crippen LogP contribution in [0.1, 0.15) is 27.2 Å². The predicted molar refractivity (Wildman–Crippen MR) is 68.9 cm³/mol. The van der Waals surface area contributed by atoms with E-state index in [4.69, 9.17) is 5.73 Å². The van der Waals surface area contributed by atoms with Crippen LogP contribution in [0.15, 0.2) is 0 Å². The fourth-order valence-corrected chi connectivity index (χ4v) is 2.37. The average molecular weight is 264 g/mol. The molecule has 5 nitrogen and oxygen atoms in total. The topological polar surface area (TPSA) is 75.4 Å². The molecule has 0 radical (unpaired) electrons. The third-order valence-corrected chi connectivity index (χ3v) is 3.00. The van der Waals surface area contributed by atoms with E-state index in [1.54, 1.807) is 0 Å². The fraction of sp³-hybridized carbons (Fsp3) is 0.818. The maximum absolute atomic E-state index is 11.9. The van der Waals surface area contributed by atoms with Crippen molar-refractivity contribution in [1.82, 2.24) is 10.2 Å². The number of nitrogens with one attached hydrogen (secondary N) is 1. The summed E-state index contributed by atoms with van der Waals surface area (Å²) >= 11 is 0. The molecule has 0 bridgehead atoms. The minimum absolute atomic E-state index is 0. The van der Waals surface area contributed by atoms with Crippen LogP contribution in [0.4, 0.5) is 0 Å². The highest BCUT2D eigenvalue weighted by Gasteiger charge is 2.38. The molecule has 0 aromatic heterocycles. The van der Waals surface area contributed by atoms with E-state index >= 15 is 0 Å². The van der Waals surface area contributed by atoms with Crippen molar-refractivity contribution in [3.8, 4) is 0 Å². The molecule has 0 aromatic rings. The maximum Gasteiger partial charge on any atom is 0.242 e. The van der Waals surface area contributed by atoms with E-state index in [0.717, 1.165) is 13.0 Å². The molecule has 1 aliphatic rings. The Morgan fingerprint density at radius 3 is 2.47 bits per heavy atom. The second-order valence-corrected chi connectivity index (χ2v) is 5.11. The molecule has 1 unspecified atom stereocenters. The van der Waals surface area contributed by atoms with E-state index in [1.165, 1.54) is 0 Å². The Kier molecular flexibility index (Phi) is 5.92. The number of hydrogen-bond donors (Lipinski definition) is 2. The summed E-state index contributed by atoms with van der Waals surface area (Å²) in [7, 11) is 0. The molecule has 6 heteroatoms. The molecule has 0 aliphatic carbocycles. The van der Waals surface area contributed by atoms with Gasteiger partial charge in [0.25, 0.3) is 0 Å². The van der Waals surface area contributed by atoms with E-state index in [0.29, 0.717) is 5.92 Å². The Morgan fingerprint density at radius 2 is 2.06 bits per heavy atom. The lowest BCUT2D eigenvalue weighted by atomic mass is 9.98. The molecule has 0 spiro atoms. The lowest BCUT2D eigenvalue weighted by molar-refractivity contribution is -0.135. The van der Waals surface area contributed by atoms with E-state index in [2.05, 4.69) is 26.1 Å². The molecule has 1 saturated heterocycles. The van der Waals surface area contributed by atoms with E-state index < -0.39 is 0 Å². The van der Waals surface area contributed by atoms with Gasteiger partial charge in [-0.05, 0) is 26.2 Å². The van der Waals surface area contributed by atoms with E-state index in [-0.39, 0.29) is 42.8 Å². The lowest BCUT2D eigenvalue weighted by Gasteiger charge is -2.31. The number of nitrogens with zero attached hydrogens (tertiary/aromatic N) is 1. The number of rotatable bonds is 3. The van der Waals surface area contributed by atoms with Crippen LogP contribution in [0.5, 0.6) is 0 Å². The van der Waals surface area contributed by atoms with Crippen molar-refractivity contribution in [2.75, 3.05) is 19.6 Å². The molecule has 0 aromatic carbocycles. The summed E-state index contributed by atoms with van der Waals surface area (Å²) in [5.74, 6) is 0.193. The first-order chi connectivity index (χ1) is 7.36. The number of carbonyl (C=O) groups is 2. The Morgan fingerprint density at radius 1 is 1.47 bits per heavy atom. The first-order valence-electron chi connectivity index (χ1n) is 5.64. The molecule has 1 heterocycles. The molecule has 0 saturated carbocycles. The highest BCUT2D eigenvalue weighted by molar-refractivity contribution is 5.86. The predicted octanol–water partition coefficient (Wildman–Crippen LogP) is 0.130. The molecule has 17 heavy (non-hydrogen) atoms. The van der Waals surface area contributed by atoms with Gasteiger partial charge in [0, 0.05) is 12.1 Å². The van der Waals surface area contributed by atoms with Gasteiger partial charge in [0.05, 0.1) is 13.1 Å². The quantitative estimate of drug-likeness (QED) is 0.760. The second-order valence-electron chi connectivity index (χ2n) is 5.11. The molecule has 100 valence electrons. The standard InChI is InChI=1S/C11H21N3O2.ClH/c1-8-4-11(2,3)14(7-8)10(16)6-13-9(15)5-12;/h8H,4-7,12H2,1-3H3,(H,13,15);1H. The van der Waals surface area contributed by atoms with E-state index in [9.17, 15) is 9.59 Å². The van der Waals surface area contributed by atoms with Crippen LogP contribution in [-0.4, -0.2) is 41.9 Å². The number of halogens is 1. The molecule has 1 aliphatic heterocycles. The zero-order valence-corrected chi connectivity index (χ0v) is 11.5. The highest BCUT2D eigenvalue weighted by atomic mass is 35.5. The summed E-state index contributed by atoms with van der Waals surface area (Å²) in [5.41, 5.74) is 5.04. The summed E-state index contributed by atoms with van der Waals surface area (Å²) in [5, 5.41) is 2.51. The van der Waals surface area contributed by atoms with Crippen LogP contribution >= 0.6 is 12.4 Å². The molecular formula is C11H22ClN3O2. The van der Waals surface area contributed by atoms with Crippen LogP contribution in [0.25, 0.3) is 0 Å². The molecule has 1 fully saturated rings. The summed E-state index contributed by atoms with van der Waals surface area (Å²) in [6.07, 6.45) is 1.00. The molecule has 2 amide bonds. The van der Waals surface area contributed by atoms with Crippen molar-refractivity contribution in [2.24, 2.45) is 11.7 Å². The smallest absolute Gasteiger partial charge is 0.242 e. The largest absolute Gasteiger partial charge is 0.346 e. The highest BCUT2D eigenvalue weighted by Crippen LogP contribution is 2.31. The van der Waals surface area contributed by atoms with Crippen molar-refractivity contribution in [3.63, 3.8) is 0 Å². The van der Waals surface area contributed by atoms with Gasteiger partial charge in [-0.1, -0.05) is 6.92 Å². The SMILES string of the molecule is CC1CN(C(=O)CNC(=O)CN)C(C)(C)C1.Cl.